The fourth-order valence-electron chi connectivity index (χ4n) is 3.12. The summed E-state index contributed by atoms with van der Waals surface area (Å²) in [5, 5.41) is 6.60. The Hall–Kier alpha value is -1.58. The van der Waals surface area contributed by atoms with Crippen LogP contribution in [0.1, 0.15) is 23.8 Å². The number of hydrogen-bond donors (Lipinski definition) is 2. The van der Waals surface area contributed by atoms with E-state index in [1.54, 1.807) is 13.3 Å². The van der Waals surface area contributed by atoms with Crippen LogP contribution in [0.3, 0.4) is 0 Å². The first-order chi connectivity index (χ1) is 12.7. The van der Waals surface area contributed by atoms with Crippen LogP contribution in [0.25, 0.3) is 0 Å². The molecular weight excluding hydrogens is 455 g/mol. The van der Waals surface area contributed by atoms with Crippen molar-refractivity contribution in [2.24, 2.45) is 4.99 Å². The number of nitrogens with one attached hydrogen (secondary N) is 2. The second kappa shape index (κ2) is 11.3. The lowest BCUT2D eigenvalue weighted by molar-refractivity contribution is -0.0212. The number of ether oxygens (including phenoxy) is 1. The molecule has 1 saturated heterocycles. The lowest BCUT2D eigenvalue weighted by atomic mass is 10.1. The van der Waals surface area contributed by atoms with Crippen LogP contribution in [-0.2, 0) is 24.4 Å². The summed E-state index contributed by atoms with van der Waals surface area (Å²) in [6, 6.07) is 12.5. The van der Waals surface area contributed by atoms with Gasteiger partial charge in [0.15, 0.2) is 5.96 Å². The highest BCUT2D eigenvalue weighted by molar-refractivity contribution is 14.0. The maximum absolute atomic E-state index is 5.62. The van der Waals surface area contributed by atoms with E-state index in [4.69, 9.17) is 9.15 Å². The SMILES string of the molecule is CN=C(NCc1cccc(CN2CCOC(C)C2)c1)NCc1ccco1.I. The highest BCUT2D eigenvalue weighted by Gasteiger charge is 2.16. The van der Waals surface area contributed by atoms with Gasteiger partial charge in [-0.2, -0.15) is 0 Å². The molecule has 7 heteroatoms. The molecule has 1 fully saturated rings. The third-order valence-corrected chi connectivity index (χ3v) is 4.42. The lowest BCUT2D eigenvalue weighted by Gasteiger charge is -2.31. The first kappa shape index (κ1) is 21.7. The van der Waals surface area contributed by atoms with E-state index in [1.165, 1.54) is 11.1 Å². The zero-order valence-corrected chi connectivity index (χ0v) is 18.3. The Morgan fingerprint density at radius 3 is 2.74 bits per heavy atom. The molecule has 0 saturated carbocycles. The monoisotopic (exact) mass is 484 g/mol. The summed E-state index contributed by atoms with van der Waals surface area (Å²) in [6.45, 7) is 7.25. The van der Waals surface area contributed by atoms with E-state index in [0.717, 1.165) is 44.5 Å². The fourth-order valence-corrected chi connectivity index (χ4v) is 3.12. The second-order valence-electron chi connectivity index (χ2n) is 6.60. The van der Waals surface area contributed by atoms with Crippen LogP contribution < -0.4 is 10.6 Å². The zero-order valence-electron chi connectivity index (χ0n) is 16.0. The van der Waals surface area contributed by atoms with Crippen molar-refractivity contribution in [2.75, 3.05) is 26.7 Å². The second-order valence-corrected chi connectivity index (χ2v) is 6.60. The van der Waals surface area contributed by atoms with Gasteiger partial charge in [-0.05, 0) is 30.2 Å². The standard InChI is InChI=1S/C20H28N4O2.HI/c1-16-14-24(8-10-25-16)15-18-6-3-5-17(11-18)12-22-20(21-2)23-13-19-7-4-9-26-19;/h3-7,9,11,16H,8,10,12-15H2,1-2H3,(H2,21,22,23);1H. The van der Waals surface area contributed by atoms with Gasteiger partial charge >= 0.3 is 0 Å². The summed E-state index contributed by atoms with van der Waals surface area (Å²) in [5.74, 6) is 1.64. The predicted molar refractivity (Wildman–Crippen MR) is 118 cm³/mol. The van der Waals surface area contributed by atoms with Gasteiger partial charge in [-0.15, -0.1) is 24.0 Å². The molecule has 1 aromatic carbocycles. The largest absolute Gasteiger partial charge is 0.467 e. The fraction of sp³-hybridized carbons (Fsp3) is 0.450. The van der Waals surface area contributed by atoms with Gasteiger partial charge in [-0.1, -0.05) is 24.3 Å². The molecule has 2 heterocycles. The Morgan fingerprint density at radius 1 is 1.19 bits per heavy atom. The number of halogens is 1. The molecule has 2 aromatic rings. The number of guanidine groups is 1. The van der Waals surface area contributed by atoms with Crippen LogP contribution >= 0.6 is 24.0 Å². The van der Waals surface area contributed by atoms with Gasteiger partial charge in [-0.3, -0.25) is 9.89 Å². The van der Waals surface area contributed by atoms with Crippen molar-refractivity contribution < 1.29 is 9.15 Å². The van der Waals surface area contributed by atoms with Crippen molar-refractivity contribution in [1.82, 2.24) is 15.5 Å². The van der Waals surface area contributed by atoms with Crippen molar-refractivity contribution in [3.8, 4) is 0 Å². The van der Waals surface area contributed by atoms with E-state index in [9.17, 15) is 0 Å². The van der Waals surface area contributed by atoms with E-state index >= 15 is 0 Å². The number of nitrogens with zero attached hydrogens (tertiary/aromatic N) is 2. The lowest BCUT2D eigenvalue weighted by Crippen LogP contribution is -2.40. The first-order valence-electron chi connectivity index (χ1n) is 9.11. The van der Waals surface area contributed by atoms with E-state index in [0.29, 0.717) is 12.6 Å². The van der Waals surface area contributed by atoms with Crippen molar-refractivity contribution in [1.29, 1.82) is 0 Å². The maximum Gasteiger partial charge on any atom is 0.191 e. The number of rotatable bonds is 6. The summed E-state index contributed by atoms with van der Waals surface area (Å²) in [5.41, 5.74) is 2.57. The predicted octanol–water partition coefficient (Wildman–Crippen LogP) is 2.98. The van der Waals surface area contributed by atoms with E-state index in [-0.39, 0.29) is 24.0 Å². The van der Waals surface area contributed by atoms with E-state index < -0.39 is 0 Å². The highest BCUT2D eigenvalue weighted by Crippen LogP contribution is 2.12. The van der Waals surface area contributed by atoms with Gasteiger partial charge in [0.05, 0.1) is 25.5 Å². The van der Waals surface area contributed by atoms with Crippen LogP contribution in [0.15, 0.2) is 52.1 Å². The third-order valence-electron chi connectivity index (χ3n) is 4.42. The van der Waals surface area contributed by atoms with Gasteiger partial charge in [0, 0.05) is 33.2 Å². The molecule has 2 N–H and O–H groups in total. The number of aliphatic imine (C=N–C) groups is 1. The Bertz CT molecular complexity index is 706. The van der Waals surface area contributed by atoms with E-state index in [2.05, 4.69) is 51.7 Å². The normalized spacial score (nSPS) is 18.0. The van der Waals surface area contributed by atoms with Crippen molar-refractivity contribution in [2.45, 2.75) is 32.7 Å². The smallest absolute Gasteiger partial charge is 0.191 e. The molecule has 1 aliphatic rings. The van der Waals surface area contributed by atoms with Crippen LogP contribution in [0.4, 0.5) is 0 Å². The average Bonchev–Trinajstić information content (AvgIpc) is 3.16. The van der Waals surface area contributed by atoms with Crippen molar-refractivity contribution in [3.05, 3.63) is 59.5 Å². The Kier molecular flexibility index (Phi) is 9.09. The number of morpholine rings is 1. The molecule has 0 amide bonds. The summed E-state index contributed by atoms with van der Waals surface area (Å²) >= 11 is 0. The summed E-state index contributed by atoms with van der Waals surface area (Å²) in [4.78, 5) is 6.71. The quantitative estimate of drug-likeness (QED) is 0.375. The van der Waals surface area contributed by atoms with Crippen LogP contribution in [0.5, 0.6) is 0 Å². The summed E-state index contributed by atoms with van der Waals surface area (Å²) in [6.07, 6.45) is 1.99. The molecule has 27 heavy (non-hydrogen) atoms. The van der Waals surface area contributed by atoms with Crippen LogP contribution in [-0.4, -0.2) is 43.7 Å². The third kappa shape index (κ3) is 7.15. The molecule has 1 unspecified atom stereocenters. The zero-order chi connectivity index (χ0) is 18.2. The average molecular weight is 484 g/mol. The Labute approximate surface area is 178 Å². The van der Waals surface area contributed by atoms with Crippen LogP contribution in [0, 0.1) is 0 Å². The molecule has 3 rings (SSSR count). The van der Waals surface area contributed by atoms with E-state index in [1.807, 2.05) is 12.1 Å². The van der Waals surface area contributed by atoms with Crippen LogP contribution in [0.2, 0.25) is 0 Å². The molecule has 0 bridgehead atoms. The summed E-state index contributed by atoms with van der Waals surface area (Å²) < 4.78 is 10.9. The molecule has 0 aliphatic carbocycles. The number of benzene rings is 1. The number of hydrogen-bond acceptors (Lipinski definition) is 4. The van der Waals surface area contributed by atoms with Gasteiger partial charge in [-0.25, -0.2) is 0 Å². The van der Waals surface area contributed by atoms with Gasteiger partial charge < -0.3 is 19.8 Å². The molecule has 0 spiro atoms. The minimum atomic E-state index is 0. The van der Waals surface area contributed by atoms with Gasteiger partial charge in [0.1, 0.15) is 5.76 Å². The molecule has 1 aliphatic heterocycles. The molecule has 1 aromatic heterocycles. The van der Waals surface area contributed by atoms with Crippen molar-refractivity contribution in [3.63, 3.8) is 0 Å². The minimum absolute atomic E-state index is 0. The molecule has 6 nitrogen and oxygen atoms in total. The van der Waals surface area contributed by atoms with Crippen molar-refractivity contribution >= 4 is 29.9 Å². The molecule has 0 radical (unpaired) electrons. The Morgan fingerprint density at radius 2 is 2.00 bits per heavy atom. The molecule has 148 valence electrons. The molecular formula is C20H29IN4O2. The molecule has 1 atom stereocenters. The first-order valence-corrected chi connectivity index (χ1v) is 9.11. The Balaban J connectivity index is 0.00000261. The van der Waals surface area contributed by atoms with Gasteiger partial charge in [0.2, 0.25) is 0 Å². The highest BCUT2D eigenvalue weighted by atomic mass is 127. The maximum atomic E-state index is 5.62. The summed E-state index contributed by atoms with van der Waals surface area (Å²) in [7, 11) is 1.77. The topological polar surface area (TPSA) is 62.0 Å². The minimum Gasteiger partial charge on any atom is -0.467 e. The number of furan rings is 1. The van der Waals surface area contributed by atoms with Gasteiger partial charge in [0.25, 0.3) is 0 Å².